The second kappa shape index (κ2) is 7.21. The van der Waals surface area contributed by atoms with Crippen molar-refractivity contribution in [1.82, 2.24) is 0 Å². The highest BCUT2D eigenvalue weighted by Crippen LogP contribution is 2.09. The molecule has 96 valence electrons. The summed E-state index contributed by atoms with van der Waals surface area (Å²) < 4.78 is 9.53. The molecule has 1 aromatic rings. The normalized spacial score (nSPS) is 11.4. The third-order valence-electron chi connectivity index (χ3n) is 2.27. The summed E-state index contributed by atoms with van der Waals surface area (Å²) in [5, 5.41) is 0. The van der Waals surface area contributed by atoms with Gasteiger partial charge in [-0.2, -0.15) is 0 Å². The van der Waals surface area contributed by atoms with Crippen LogP contribution >= 0.6 is 0 Å². The van der Waals surface area contributed by atoms with Crippen molar-refractivity contribution in [2.75, 3.05) is 7.11 Å². The lowest BCUT2D eigenvalue weighted by atomic mass is 10.2. The molecule has 0 aromatic heterocycles. The maximum absolute atomic E-state index is 11.7. The molecule has 0 heterocycles. The predicted octanol–water partition coefficient (Wildman–Crippen LogP) is 1.36. The van der Waals surface area contributed by atoms with Crippen molar-refractivity contribution in [3.8, 4) is 0 Å². The van der Waals surface area contributed by atoms with Gasteiger partial charge < -0.3 is 14.3 Å². The molecule has 5 heteroatoms. The first-order valence-corrected chi connectivity index (χ1v) is 5.46. The highest BCUT2D eigenvalue weighted by Gasteiger charge is 2.23. The average molecular weight is 250 g/mol. The van der Waals surface area contributed by atoms with Gasteiger partial charge in [0.2, 0.25) is 0 Å². The molecule has 0 spiro atoms. The van der Waals surface area contributed by atoms with Crippen LogP contribution in [0.25, 0.3) is 0 Å². The van der Waals surface area contributed by atoms with Gasteiger partial charge in [0, 0.05) is 12.8 Å². The van der Waals surface area contributed by atoms with Crippen molar-refractivity contribution in [2.24, 2.45) is 0 Å². The molecule has 0 saturated carbocycles. The Bertz CT molecular complexity index is 413. The summed E-state index contributed by atoms with van der Waals surface area (Å²) in [7, 11) is 1.20. The summed E-state index contributed by atoms with van der Waals surface area (Å²) in [5.74, 6) is -1.28. The van der Waals surface area contributed by atoms with Crippen molar-refractivity contribution in [1.29, 1.82) is 0 Å². The first-order valence-electron chi connectivity index (χ1n) is 5.46. The lowest BCUT2D eigenvalue weighted by molar-refractivity contribution is -0.151. The Kier molecular flexibility index (Phi) is 5.57. The van der Waals surface area contributed by atoms with Crippen LogP contribution in [-0.4, -0.2) is 31.4 Å². The van der Waals surface area contributed by atoms with Crippen molar-refractivity contribution in [3.05, 3.63) is 35.9 Å². The standard InChI is InChI=1S/C13H14O5/c1-17-13(16)11(8-5-9-14)18-12(15)10-6-3-2-4-7-10/h2-4,6-7,9,11H,5,8H2,1H3/t11-/m0/s1. The molecule has 0 saturated heterocycles. The smallest absolute Gasteiger partial charge is 0.347 e. The van der Waals surface area contributed by atoms with E-state index in [2.05, 4.69) is 4.74 Å². The van der Waals surface area contributed by atoms with Gasteiger partial charge in [-0.05, 0) is 12.1 Å². The van der Waals surface area contributed by atoms with Crippen LogP contribution in [0.15, 0.2) is 30.3 Å². The minimum Gasteiger partial charge on any atom is -0.466 e. The number of methoxy groups -OCH3 is 1. The molecule has 1 rings (SSSR count). The Hall–Kier alpha value is -2.17. The number of rotatable bonds is 6. The number of hydrogen-bond acceptors (Lipinski definition) is 5. The molecular weight excluding hydrogens is 236 g/mol. The van der Waals surface area contributed by atoms with E-state index in [4.69, 9.17) is 4.74 Å². The van der Waals surface area contributed by atoms with Gasteiger partial charge in [-0.25, -0.2) is 9.59 Å². The van der Waals surface area contributed by atoms with Gasteiger partial charge >= 0.3 is 11.9 Å². The van der Waals surface area contributed by atoms with Crippen LogP contribution < -0.4 is 0 Å². The van der Waals surface area contributed by atoms with Gasteiger partial charge in [-0.1, -0.05) is 18.2 Å². The Morgan fingerprint density at radius 1 is 1.28 bits per heavy atom. The number of esters is 2. The second-order valence-corrected chi connectivity index (χ2v) is 3.53. The monoisotopic (exact) mass is 250 g/mol. The van der Waals surface area contributed by atoms with E-state index in [-0.39, 0.29) is 12.8 Å². The molecule has 1 aromatic carbocycles. The lowest BCUT2D eigenvalue weighted by Gasteiger charge is -2.14. The number of ether oxygens (including phenoxy) is 2. The molecule has 0 fully saturated rings. The van der Waals surface area contributed by atoms with Crippen molar-refractivity contribution < 1.29 is 23.9 Å². The minimum atomic E-state index is -1.05. The number of aldehydes is 1. The highest BCUT2D eigenvalue weighted by atomic mass is 16.6. The van der Waals surface area contributed by atoms with E-state index < -0.39 is 18.0 Å². The molecule has 0 radical (unpaired) electrons. The zero-order chi connectivity index (χ0) is 13.4. The van der Waals surface area contributed by atoms with E-state index >= 15 is 0 Å². The Balaban J connectivity index is 2.68. The zero-order valence-electron chi connectivity index (χ0n) is 10.00. The van der Waals surface area contributed by atoms with Crippen LogP contribution in [0.2, 0.25) is 0 Å². The summed E-state index contributed by atoms with van der Waals surface area (Å²) in [6.45, 7) is 0. The maximum atomic E-state index is 11.7. The topological polar surface area (TPSA) is 69.7 Å². The van der Waals surface area contributed by atoms with Gasteiger partial charge in [-0.15, -0.1) is 0 Å². The first-order chi connectivity index (χ1) is 8.69. The van der Waals surface area contributed by atoms with E-state index in [1.54, 1.807) is 30.3 Å². The summed E-state index contributed by atoms with van der Waals surface area (Å²) in [6.07, 6.45) is -0.143. The van der Waals surface area contributed by atoms with Gasteiger partial charge in [0.25, 0.3) is 0 Å². The van der Waals surface area contributed by atoms with Gasteiger partial charge in [-0.3, -0.25) is 0 Å². The van der Waals surface area contributed by atoms with Gasteiger partial charge in [0.05, 0.1) is 12.7 Å². The van der Waals surface area contributed by atoms with E-state index in [0.717, 1.165) is 0 Å². The highest BCUT2D eigenvalue weighted by molar-refractivity contribution is 5.91. The number of carbonyl (C=O) groups excluding carboxylic acids is 3. The molecule has 0 aliphatic heterocycles. The maximum Gasteiger partial charge on any atom is 0.347 e. The van der Waals surface area contributed by atoms with Crippen LogP contribution in [0.5, 0.6) is 0 Å². The van der Waals surface area contributed by atoms with Crippen molar-refractivity contribution in [2.45, 2.75) is 18.9 Å². The molecule has 5 nitrogen and oxygen atoms in total. The van der Waals surface area contributed by atoms with E-state index in [1.807, 2.05) is 0 Å². The van der Waals surface area contributed by atoms with E-state index in [9.17, 15) is 14.4 Å². The SMILES string of the molecule is COC(=O)[C@H](CCC=O)OC(=O)c1ccccc1. The average Bonchev–Trinajstić information content (AvgIpc) is 2.43. The molecule has 0 unspecified atom stereocenters. The molecule has 0 bridgehead atoms. The molecular formula is C13H14O5. The van der Waals surface area contributed by atoms with E-state index in [1.165, 1.54) is 7.11 Å². The fraction of sp³-hybridized carbons (Fsp3) is 0.308. The summed E-state index contributed by atoms with van der Waals surface area (Å²) in [4.78, 5) is 33.4. The van der Waals surface area contributed by atoms with E-state index in [0.29, 0.717) is 11.8 Å². The van der Waals surface area contributed by atoms with Crippen molar-refractivity contribution >= 4 is 18.2 Å². The molecule has 0 amide bonds. The fourth-order valence-electron chi connectivity index (χ4n) is 1.35. The Morgan fingerprint density at radius 2 is 1.94 bits per heavy atom. The number of benzene rings is 1. The summed E-state index contributed by atoms with van der Waals surface area (Å²) >= 11 is 0. The Labute approximate surface area is 105 Å². The largest absolute Gasteiger partial charge is 0.466 e. The lowest BCUT2D eigenvalue weighted by Crippen LogP contribution is -2.28. The molecule has 0 N–H and O–H groups in total. The van der Waals surface area contributed by atoms with Crippen LogP contribution in [0.3, 0.4) is 0 Å². The van der Waals surface area contributed by atoms with Crippen molar-refractivity contribution in [3.63, 3.8) is 0 Å². The van der Waals surface area contributed by atoms with Gasteiger partial charge in [0.15, 0.2) is 6.10 Å². The molecule has 0 aliphatic carbocycles. The van der Waals surface area contributed by atoms with Crippen LogP contribution in [-0.2, 0) is 19.1 Å². The zero-order valence-corrected chi connectivity index (χ0v) is 10.00. The fourth-order valence-corrected chi connectivity index (χ4v) is 1.35. The van der Waals surface area contributed by atoms with Crippen LogP contribution in [0.1, 0.15) is 23.2 Å². The molecule has 1 atom stereocenters. The van der Waals surface area contributed by atoms with Crippen LogP contribution in [0.4, 0.5) is 0 Å². The molecule has 0 aliphatic rings. The summed E-state index contributed by atoms with van der Waals surface area (Å²) in [6, 6.07) is 8.30. The predicted molar refractivity (Wildman–Crippen MR) is 63.0 cm³/mol. The summed E-state index contributed by atoms with van der Waals surface area (Å²) in [5.41, 5.74) is 0.345. The molecule has 18 heavy (non-hydrogen) atoms. The minimum absolute atomic E-state index is 0.120. The second-order valence-electron chi connectivity index (χ2n) is 3.53. The Morgan fingerprint density at radius 3 is 2.50 bits per heavy atom. The number of hydrogen-bond donors (Lipinski definition) is 0. The third kappa shape index (κ3) is 4.01. The number of carbonyl (C=O) groups is 3. The van der Waals surface area contributed by atoms with Gasteiger partial charge in [0.1, 0.15) is 6.29 Å². The van der Waals surface area contributed by atoms with Crippen LogP contribution in [0, 0.1) is 0 Å². The first kappa shape index (κ1) is 13.9. The third-order valence-corrected chi connectivity index (χ3v) is 2.27. The quantitative estimate of drug-likeness (QED) is 0.563.